The van der Waals surface area contributed by atoms with Gasteiger partial charge in [0.05, 0.1) is 13.2 Å². The zero-order valence-corrected chi connectivity index (χ0v) is 13.6. The molecular weight excluding hydrogens is 284 g/mol. The zero-order valence-electron chi connectivity index (χ0n) is 13.6. The van der Waals surface area contributed by atoms with E-state index in [1.165, 1.54) is 13.2 Å². The molecule has 4 heteroatoms. The van der Waals surface area contributed by atoms with Crippen molar-refractivity contribution in [3.63, 3.8) is 0 Å². The van der Waals surface area contributed by atoms with Crippen molar-refractivity contribution in [3.05, 3.63) is 64.2 Å². The summed E-state index contributed by atoms with van der Waals surface area (Å²) in [6, 6.07) is 8.29. The van der Waals surface area contributed by atoms with E-state index in [2.05, 4.69) is 0 Å². The van der Waals surface area contributed by atoms with Crippen molar-refractivity contribution in [1.82, 2.24) is 4.90 Å². The maximum absolute atomic E-state index is 14.2. The van der Waals surface area contributed by atoms with E-state index in [1.54, 1.807) is 26.0 Å². The smallest absolute Gasteiger partial charge is 0.165 e. The SMILES string of the molecule is COc1ccc([C@@H](c2ccc(C)c(F)c2C)N(C)C)cc1F. The average Bonchev–Trinajstić information content (AvgIpc) is 2.47. The van der Waals surface area contributed by atoms with E-state index < -0.39 is 5.82 Å². The van der Waals surface area contributed by atoms with Crippen molar-refractivity contribution in [2.45, 2.75) is 19.9 Å². The van der Waals surface area contributed by atoms with E-state index in [1.807, 2.05) is 31.1 Å². The summed E-state index contributed by atoms with van der Waals surface area (Å²) in [7, 11) is 5.22. The van der Waals surface area contributed by atoms with Crippen LogP contribution < -0.4 is 4.74 Å². The Morgan fingerprint density at radius 2 is 1.73 bits per heavy atom. The number of benzene rings is 2. The number of halogens is 2. The molecule has 0 N–H and O–H groups in total. The Kier molecular flexibility index (Phi) is 4.81. The Morgan fingerprint density at radius 1 is 1.05 bits per heavy atom. The monoisotopic (exact) mass is 305 g/mol. The second-order valence-corrected chi connectivity index (χ2v) is 5.67. The molecule has 0 saturated carbocycles. The van der Waals surface area contributed by atoms with Crippen molar-refractivity contribution >= 4 is 0 Å². The molecule has 0 aliphatic carbocycles. The van der Waals surface area contributed by atoms with Crippen LogP contribution in [0.15, 0.2) is 30.3 Å². The van der Waals surface area contributed by atoms with Crippen LogP contribution in [0.5, 0.6) is 5.75 Å². The normalized spacial score (nSPS) is 12.5. The van der Waals surface area contributed by atoms with Gasteiger partial charge in [0.25, 0.3) is 0 Å². The fourth-order valence-electron chi connectivity index (χ4n) is 2.74. The Hall–Kier alpha value is -1.94. The van der Waals surface area contributed by atoms with Crippen molar-refractivity contribution in [2.24, 2.45) is 0 Å². The summed E-state index contributed by atoms with van der Waals surface area (Å²) in [5, 5.41) is 0. The lowest BCUT2D eigenvalue weighted by atomic mass is 9.92. The highest BCUT2D eigenvalue weighted by molar-refractivity contribution is 5.41. The van der Waals surface area contributed by atoms with Crippen molar-refractivity contribution < 1.29 is 13.5 Å². The summed E-state index contributed by atoms with van der Waals surface area (Å²) in [5.74, 6) is -0.427. The molecule has 0 aromatic heterocycles. The van der Waals surface area contributed by atoms with Crippen LogP contribution in [0.3, 0.4) is 0 Å². The first kappa shape index (κ1) is 16.4. The maximum atomic E-state index is 14.2. The molecule has 0 saturated heterocycles. The van der Waals surface area contributed by atoms with Gasteiger partial charge in [0.15, 0.2) is 11.6 Å². The summed E-state index contributed by atoms with van der Waals surface area (Å²) < 4.78 is 33.2. The van der Waals surface area contributed by atoms with Crippen molar-refractivity contribution in [2.75, 3.05) is 21.2 Å². The Morgan fingerprint density at radius 3 is 2.27 bits per heavy atom. The van der Waals surface area contributed by atoms with Crippen LogP contribution in [0, 0.1) is 25.5 Å². The van der Waals surface area contributed by atoms with Crippen LogP contribution >= 0.6 is 0 Å². The van der Waals surface area contributed by atoms with Gasteiger partial charge in [-0.3, -0.25) is 4.90 Å². The minimum absolute atomic E-state index is 0.202. The molecule has 2 nitrogen and oxygen atoms in total. The molecule has 0 radical (unpaired) electrons. The lowest BCUT2D eigenvalue weighted by molar-refractivity contribution is 0.337. The Labute approximate surface area is 130 Å². The minimum Gasteiger partial charge on any atom is -0.494 e. The number of aryl methyl sites for hydroxylation is 1. The van der Waals surface area contributed by atoms with E-state index >= 15 is 0 Å². The van der Waals surface area contributed by atoms with Gasteiger partial charge in [-0.25, -0.2) is 8.78 Å². The summed E-state index contributed by atoms with van der Waals surface area (Å²) in [5.41, 5.74) is 2.79. The Bertz CT molecular complexity index is 683. The third kappa shape index (κ3) is 2.97. The molecular formula is C18H21F2NO. The van der Waals surface area contributed by atoms with Gasteiger partial charge in [-0.15, -0.1) is 0 Å². The molecule has 0 fully saturated rings. The van der Waals surface area contributed by atoms with Crippen molar-refractivity contribution in [3.8, 4) is 5.75 Å². The molecule has 2 rings (SSSR count). The molecule has 0 aliphatic rings. The van der Waals surface area contributed by atoms with Crippen LogP contribution in [-0.2, 0) is 0 Å². The molecule has 0 aliphatic heterocycles. The molecule has 0 spiro atoms. The Balaban J connectivity index is 2.56. The molecule has 2 aromatic rings. The van der Waals surface area contributed by atoms with E-state index in [-0.39, 0.29) is 17.6 Å². The fraction of sp³-hybridized carbons (Fsp3) is 0.333. The van der Waals surface area contributed by atoms with Gasteiger partial charge in [0, 0.05) is 0 Å². The number of rotatable bonds is 4. The van der Waals surface area contributed by atoms with Crippen LogP contribution in [-0.4, -0.2) is 26.1 Å². The number of hydrogen-bond donors (Lipinski definition) is 0. The average molecular weight is 305 g/mol. The number of nitrogens with zero attached hydrogens (tertiary/aromatic N) is 1. The summed E-state index contributed by atoms with van der Waals surface area (Å²) in [4.78, 5) is 1.94. The highest BCUT2D eigenvalue weighted by Gasteiger charge is 2.22. The predicted octanol–water partition coefficient (Wildman–Crippen LogP) is 4.24. The molecule has 118 valence electrons. The van der Waals surface area contributed by atoms with Gasteiger partial charge in [-0.05, 0) is 62.3 Å². The molecule has 0 amide bonds. The van der Waals surface area contributed by atoms with Gasteiger partial charge in [-0.1, -0.05) is 18.2 Å². The van der Waals surface area contributed by atoms with Crippen LogP contribution in [0.2, 0.25) is 0 Å². The maximum Gasteiger partial charge on any atom is 0.165 e. The minimum atomic E-state index is -0.419. The lowest BCUT2D eigenvalue weighted by Crippen LogP contribution is -2.22. The highest BCUT2D eigenvalue weighted by Crippen LogP contribution is 2.33. The number of hydrogen-bond acceptors (Lipinski definition) is 2. The van der Waals surface area contributed by atoms with Gasteiger partial charge in [0.1, 0.15) is 5.82 Å². The first-order valence-corrected chi connectivity index (χ1v) is 7.12. The van der Waals surface area contributed by atoms with E-state index in [4.69, 9.17) is 4.74 Å². The van der Waals surface area contributed by atoms with Gasteiger partial charge < -0.3 is 4.74 Å². The van der Waals surface area contributed by atoms with Crippen LogP contribution in [0.4, 0.5) is 8.78 Å². The fourth-order valence-corrected chi connectivity index (χ4v) is 2.74. The number of methoxy groups -OCH3 is 1. The summed E-state index contributed by atoms with van der Waals surface area (Å²) >= 11 is 0. The lowest BCUT2D eigenvalue weighted by Gasteiger charge is -2.27. The van der Waals surface area contributed by atoms with Gasteiger partial charge in [-0.2, -0.15) is 0 Å². The zero-order chi connectivity index (χ0) is 16.4. The van der Waals surface area contributed by atoms with E-state index in [9.17, 15) is 8.78 Å². The molecule has 2 aromatic carbocycles. The molecule has 0 heterocycles. The standard InChI is InChI=1S/C18H21F2NO/c1-11-6-8-14(12(2)17(11)20)18(21(3)4)13-7-9-16(22-5)15(19)10-13/h6-10,18H,1-5H3/t18-/m0/s1. The van der Waals surface area contributed by atoms with Gasteiger partial charge in [0.2, 0.25) is 0 Å². The second-order valence-electron chi connectivity index (χ2n) is 5.67. The number of ether oxygens (including phenoxy) is 1. The topological polar surface area (TPSA) is 12.5 Å². The first-order chi connectivity index (χ1) is 10.4. The summed E-state index contributed by atoms with van der Waals surface area (Å²) in [6.45, 7) is 3.50. The second kappa shape index (κ2) is 6.44. The molecule has 0 unspecified atom stereocenters. The highest BCUT2D eigenvalue weighted by atomic mass is 19.1. The molecule has 22 heavy (non-hydrogen) atoms. The quantitative estimate of drug-likeness (QED) is 0.837. The predicted molar refractivity (Wildman–Crippen MR) is 84.4 cm³/mol. The van der Waals surface area contributed by atoms with Crippen LogP contribution in [0.25, 0.3) is 0 Å². The van der Waals surface area contributed by atoms with E-state index in [0.29, 0.717) is 11.1 Å². The first-order valence-electron chi connectivity index (χ1n) is 7.12. The van der Waals surface area contributed by atoms with Crippen molar-refractivity contribution in [1.29, 1.82) is 0 Å². The largest absolute Gasteiger partial charge is 0.494 e. The third-order valence-electron chi connectivity index (χ3n) is 3.92. The van der Waals surface area contributed by atoms with E-state index in [0.717, 1.165) is 11.1 Å². The molecule has 0 bridgehead atoms. The van der Waals surface area contributed by atoms with Gasteiger partial charge >= 0.3 is 0 Å². The summed E-state index contributed by atoms with van der Waals surface area (Å²) in [6.07, 6.45) is 0. The third-order valence-corrected chi connectivity index (χ3v) is 3.92. The molecule has 1 atom stereocenters. The van der Waals surface area contributed by atoms with Crippen LogP contribution in [0.1, 0.15) is 28.3 Å².